The van der Waals surface area contributed by atoms with Crippen LogP contribution in [0.2, 0.25) is 0 Å². The number of morpholine rings is 2. The summed E-state index contributed by atoms with van der Waals surface area (Å²) in [6, 6.07) is 0.261. The first-order chi connectivity index (χ1) is 9.85. The molecule has 1 N–H and O–H groups in total. The predicted molar refractivity (Wildman–Crippen MR) is 71.4 cm³/mol. The maximum Gasteiger partial charge on any atom is 0.228 e. The Morgan fingerprint density at radius 3 is 3.15 bits per heavy atom. The van der Waals surface area contributed by atoms with E-state index >= 15 is 0 Å². The number of aromatic nitrogens is 2. The van der Waals surface area contributed by atoms with Gasteiger partial charge in [-0.05, 0) is 6.54 Å². The van der Waals surface area contributed by atoms with Crippen molar-refractivity contribution in [2.24, 2.45) is 0 Å². The third kappa shape index (κ3) is 3.35. The van der Waals surface area contributed by atoms with E-state index in [0.717, 1.165) is 39.4 Å². The zero-order valence-electron chi connectivity index (χ0n) is 11.9. The molecule has 112 valence electrons. The first-order valence-electron chi connectivity index (χ1n) is 7.32. The molecule has 3 rings (SSSR count). The molecule has 2 atom stereocenters. The first-order valence-corrected chi connectivity index (χ1v) is 7.32. The predicted octanol–water partition coefficient (Wildman–Crippen LogP) is -0.00630. The first kappa shape index (κ1) is 13.9. The molecule has 7 nitrogen and oxygen atoms in total. The number of hydrogen-bond acceptors (Lipinski definition) is 7. The van der Waals surface area contributed by atoms with E-state index in [1.165, 1.54) is 0 Å². The van der Waals surface area contributed by atoms with Crippen LogP contribution in [-0.4, -0.2) is 67.1 Å². The lowest BCUT2D eigenvalue weighted by atomic mass is 10.2. The van der Waals surface area contributed by atoms with Crippen molar-refractivity contribution in [3.8, 4) is 0 Å². The normalized spacial score (nSPS) is 28.6. The van der Waals surface area contributed by atoms with Gasteiger partial charge >= 0.3 is 0 Å². The summed E-state index contributed by atoms with van der Waals surface area (Å²) < 4.78 is 16.5. The number of likely N-dealkylation sites (N-methyl/N-ethyl adjacent to an activating group) is 1. The molecule has 2 aliphatic rings. The molecule has 2 saturated heterocycles. The molecule has 2 unspecified atom stereocenters. The van der Waals surface area contributed by atoms with Gasteiger partial charge in [0.05, 0.1) is 19.8 Å². The van der Waals surface area contributed by atoms with Crippen LogP contribution >= 0.6 is 0 Å². The van der Waals surface area contributed by atoms with Crippen LogP contribution in [0, 0.1) is 0 Å². The molecule has 1 aromatic rings. The molecule has 0 amide bonds. The highest BCUT2D eigenvalue weighted by atomic mass is 16.5. The van der Waals surface area contributed by atoms with Gasteiger partial charge in [0.1, 0.15) is 6.10 Å². The third-order valence-corrected chi connectivity index (χ3v) is 3.79. The molecule has 0 spiro atoms. The molecule has 0 aromatic carbocycles. The van der Waals surface area contributed by atoms with Gasteiger partial charge in [0.2, 0.25) is 11.7 Å². The second-order valence-corrected chi connectivity index (χ2v) is 5.23. The molecular formula is C13H22N4O3. The summed E-state index contributed by atoms with van der Waals surface area (Å²) in [4.78, 5) is 6.81. The molecule has 2 fully saturated rings. The maximum absolute atomic E-state index is 5.73. The lowest BCUT2D eigenvalue weighted by Crippen LogP contribution is -2.42. The Kier molecular flexibility index (Phi) is 4.62. The SMILES string of the molecule is CCN1CCOC(c2noc(CC3COCCN3)n2)C1. The monoisotopic (exact) mass is 282 g/mol. The van der Waals surface area contributed by atoms with Crippen LogP contribution in [0.4, 0.5) is 0 Å². The van der Waals surface area contributed by atoms with Gasteiger partial charge in [-0.25, -0.2) is 0 Å². The highest BCUT2D eigenvalue weighted by Gasteiger charge is 2.26. The second-order valence-electron chi connectivity index (χ2n) is 5.23. The molecule has 1 aromatic heterocycles. The minimum absolute atomic E-state index is 0.0724. The molecule has 0 saturated carbocycles. The van der Waals surface area contributed by atoms with Crippen molar-refractivity contribution in [1.82, 2.24) is 20.4 Å². The van der Waals surface area contributed by atoms with E-state index in [4.69, 9.17) is 14.0 Å². The van der Waals surface area contributed by atoms with Crippen molar-refractivity contribution < 1.29 is 14.0 Å². The summed E-state index contributed by atoms with van der Waals surface area (Å²) in [5.74, 6) is 1.31. The number of hydrogen-bond donors (Lipinski definition) is 1. The van der Waals surface area contributed by atoms with E-state index in [-0.39, 0.29) is 12.1 Å². The number of nitrogens with zero attached hydrogens (tertiary/aromatic N) is 3. The van der Waals surface area contributed by atoms with Crippen LogP contribution in [0.1, 0.15) is 24.7 Å². The summed E-state index contributed by atoms with van der Waals surface area (Å²) in [5.41, 5.74) is 0. The van der Waals surface area contributed by atoms with Crippen LogP contribution in [0.15, 0.2) is 4.52 Å². The Labute approximate surface area is 118 Å². The molecule has 3 heterocycles. The van der Waals surface area contributed by atoms with Gasteiger partial charge in [0.15, 0.2) is 0 Å². The summed E-state index contributed by atoms with van der Waals surface area (Å²) in [6.07, 6.45) is 0.633. The Morgan fingerprint density at radius 1 is 1.40 bits per heavy atom. The second kappa shape index (κ2) is 6.62. The Morgan fingerprint density at radius 2 is 2.35 bits per heavy atom. The van der Waals surface area contributed by atoms with E-state index in [1.54, 1.807) is 0 Å². The highest BCUT2D eigenvalue weighted by molar-refractivity contribution is 4.96. The molecule has 0 bridgehead atoms. The van der Waals surface area contributed by atoms with Crippen molar-refractivity contribution in [1.29, 1.82) is 0 Å². The minimum atomic E-state index is -0.0724. The van der Waals surface area contributed by atoms with Crippen LogP contribution in [0.5, 0.6) is 0 Å². The molecule has 0 aliphatic carbocycles. The Balaban J connectivity index is 1.58. The summed E-state index contributed by atoms with van der Waals surface area (Å²) in [5, 5.41) is 7.45. The molecular weight excluding hydrogens is 260 g/mol. The number of nitrogens with one attached hydrogen (secondary N) is 1. The van der Waals surface area contributed by atoms with Crippen LogP contribution in [0.25, 0.3) is 0 Å². The van der Waals surface area contributed by atoms with Gasteiger partial charge in [-0.2, -0.15) is 4.98 Å². The Bertz CT molecular complexity index is 420. The van der Waals surface area contributed by atoms with Crippen molar-refractivity contribution >= 4 is 0 Å². The highest BCUT2D eigenvalue weighted by Crippen LogP contribution is 2.19. The van der Waals surface area contributed by atoms with E-state index < -0.39 is 0 Å². The van der Waals surface area contributed by atoms with E-state index in [0.29, 0.717) is 24.7 Å². The fraction of sp³-hybridized carbons (Fsp3) is 0.846. The molecule has 20 heavy (non-hydrogen) atoms. The van der Waals surface area contributed by atoms with E-state index in [2.05, 4.69) is 27.3 Å². The van der Waals surface area contributed by atoms with Gasteiger partial charge in [-0.1, -0.05) is 12.1 Å². The summed E-state index contributed by atoms with van der Waals surface area (Å²) in [6.45, 7) is 8.05. The molecule has 7 heteroatoms. The van der Waals surface area contributed by atoms with Gasteiger partial charge in [-0.3, -0.25) is 4.90 Å². The average Bonchev–Trinajstić information content (AvgIpc) is 2.97. The van der Waals surface area contributed by atoms with Crippen molar-refractivity contribution in [2.75, 3.05) is 46.0 Å². The molecule has 0 radical (unpaired) electrons. The third-order valence-electron chi connectivity index (χ3n) is 3.79. The number of ether oxygens (including phenoxy) is 2. The maximum atomic E-state index is 5.73. The van der Waals surface area contributed by atoms with Crippen LogP contribution < -0.4 is 5.32 Å². The number of rotatable bonds is 4. The van der Waals surface area contributed by atoms with Crippen molar-refractivity contribution in [3.63, 3.8) is 0 Å². The van der Waals surface area contributed by atoms with E-state index in [9.17, 15) is 0 Å². The minimum Gasteiger partial charge on any atom is -0.378 e. The van der Waals surface area contributed by atoms with Gasteiger partial charge in [-0.15, -0.1) is 0 Å². The smallest absolute Gasteiger partial charge is 0.228 e. The van der Waals surface area contributed by atoms with Crippen LogP contribution in [-0.2, 0) is 15.9 Å². The standard InChI is InChI=1S/C13H22N4O3/c1-2-17-4-6-19-11(8-17)13-15-12(20-16-13)7-10-9-18-5-3-14-10/h10-11,14H,2-9H2,1H3. The zero-order chi connectivity index (χ0) is 13.8. The van der Waals surface area contributed by atoms with Gasteiger partial charge in [0.25, 0.3) is 0 Å². The fourth-order valence-corrected chi connectivity index (χ4v) is 2.59. The largest absolute Gasteiger partial charge is 0.378 e. The van der Waals surface area contributed by atoms with Crippen LogP contribution in [0.3, 0.4) is 0 Å². The fourth-order valence-electron chi connectivity index (χ4n) is 2.59. The Hall–Kier alpha value is -1.02. The van der Waals surface area contributed by atoms with Crippen molar-refractivity contribution in [3.05, 3.63) is 11.7 Å². The van der Waals surface area contributed by atoms with E-state index in [1.807, 2.05) is 0 Å². The lowest BCUT2D eigenvalue weighted by molar-refractivity contribution is -0.0334. The topological polar surface area (TPSA) is 72.7 Å². The lowest BCUT2D eigenvalue weighted by Gasteiger charge is -2.30. The van der Waals surface area contributed by atoms with Crippen molar-refractivity contribution in [2.45, 2.75) is 25.5 Å². The summed E-state index contributed by atoms with van der Waals surface area (Å²) in [7, 11) is 0. The summed E-state index contributed by atoms with van der Waals surface area (Å²) >= 11 is 0. The molecule has 2 aliphatic heterocycles. The quantitative estimate of drug-likeness (QED) is 0.833. The van der Waals surface area contributed by atoms with Gasteiger partial charge in [0, 0.05) is 32.1 Å². The average molecular weight is 282 g/mol. The zero-order valence-corrected chi connectivity index (χ0v) is 11.9. The van der Waals surface area contributed by atoms with Gasteiger partial charge < -0.3 is 19.3 Å².